The first kappa shape index (κ1) is 11.8. The summed E-state index contributed by atoms with van der Waals surface area (Å²) in [6, 6.07) is 1.73. The molecule has 2 rings (SSSR count). The van der Waals surface area contributed by atoms with Crippen molar-refractivity contribution >= 4 is 5.97 Å². The van der Waals surface area contributed by atoms with Crippen molar-refractivity contribution in [3.8, 4) is 0 Å². The molecule has 0 aliphatic heterocycles. The van der Waals surface area contributed by atoms with Crippen LogP contribution in [-0.2, 0) is 11.2 Å². The van der Waals surface area contributed by atoms with E-state index in [-0.39, 0.29) is 6.42 Å². The molecule has 0 amide bonds. The van der Waals surface area contributed by atoms with Crippen LogP contribution in [0.1, 0.15) is 49.4 Å². The molecule has 1 aromatic heterocycles. The fourth-order valence-corrected chi connectivity index (χ4v) is 2.40. The van der Waals surface area contributed by atoms with Gasteiger partial charge in [-0.15, -0.1) is 0 Å². The molecule has 0 spiro atoms. The van der Waals surface area contributed by atoms with E-state index in [0.29, 0.717) is 11.6 Å². The third-order valence-corrected chi connectivity index (χ3v) is 3.19. The fourth-order valence-electron chi connectivity index (χ4n) is 2.40. The van der Waals surface area contributed by atoms with Crippen molar-refractivity contribution in [1.82, 2.24) is 9.97 Å². The Bertz CT molecular complexity index is 461. The van der Waals surface area contributed by atoms with E-state index in [1.165, 1.54) is 6.42 Å². The Kier molecular flexibility index (Phi) is 3.56. The summed E-state index contributed by atoms with van der Waals surface area (Å²) < 4.78 is 0. The van der Waals surface area contributed by atoms with Crippen LogP contribution in [0.3, 0.4) is 0 Å². The first-order chi connectivity index (χ1) is 8.15. The Labute approximate surface area is 98.9 Å². The van der Waals surface area contributed by atoms with E-state index >= 15 is 0 Å². The highest BCUT2D eigenvalue weighted by atomic mass is 16.4. The normalized spacial score (nSPS) is 16.9. The predicted molar refractivity (Wildman–Crippen MR) is 62.0 cm³/mol. The number of aliphatic carboxylic acids is 1. The molecule has 0 atom stereocenters. The second kappa shape index (κ2) is 5.12. The molecule has 1 aliphatic rings. The van der Waals surface area contributed by atoms with Crippen LogP contribution >= 0.6 is 0 Å². The van der Waals surface area contributed by atoms with Gasteiger partial charge >= 0.3 is 11.7 Å². The van der Waals surface area contributed by atoms with E-state index in [9.17, 15) is 9.59 Å². The lowest BCUT2D eigenvalue weighted by atomic mass is 9.86. The molecule has 5 nitrogen and oxygen atoms in total. The molecule has 0 radical (unpaired) electrons. The molecule has 0 aromatic carbocycles. The molecule has 0 unspecified atom stereocenters. The number of nitrogens with zero attached hydrogens (tertiary/aromatic N) is 1. The number of carbonyl (C=O) groups is 1. The predicted octanol–water partition coefficient (Wildman–Crippen LogP) is 1.44. The van der Waals surface area contributed by atoms with E-state index in [2.05, 4.69) is 9.97 Å². The Hall–Kier alpha value is -1.65. The average molecular weight is 236 g/mol. The maximum atomic E-state index is 11.4. The van der Waals surface area contributed by atoms with Crippen molar-refractivity contribution in [3.63, 3.8) is 0 Å². The number of nitrogens with one attached hydrogen (secondary N) is 1. The number of carboxylic acid groups (broad SMARTS) is 1. The number of hydrogen-bond acceptors (Lipinski definition) is 3. The van der Waals surface area contributed by atoms with Crippen LogP contribution in [0, 0.1) is 0 Å². The minimum atomic E-state index is -0.943. The average Bonchev–Trinajstić information content (AvgIpc) is 2.28. The number of carboxylic acids is 1. The van der Waals surface area contributed by atoms with Gasteiger partial charge in [0.25, 0.3) is 0 Å². The van der Waals surface area contributed by atoms with Crippen LogP contribution in [0.4, 0.5) is 0 Å². The Morgan fingerprint density at radius 2 is 2.12 bits per heavy atom. The van der Waals surface area contributed by atoms with Gasteiger partial charge in [0.05, 0.1) is 12.1 Å². The van der Waals surface area contributed by atoms with Crippen molar-refractivity contribution in [2.75, 3.05) is 0 Å². The smallest absolute Gasteiger partial charge is 0.345 e. The summed E-state index contributed by atoms with van der Waals surface area (Å²) in [6.45, 7) is 0. The summed E-state index contributed by atoms with van der Waals surface area (Å²) in [6.07, 6.45) is 5.49. The van der Waals surface area contributed by atoms with Gasteiger partial charge in [-0.3, -0.25) is 4.79 Å². The van der Waals surface area contributed by atoms with E-state index < -0.39 is 11.7 Å². The highest BCUT2D eigenvalue weighted by Gasteiger charge is 2.18. The molecule has 1 saturated carbocycles. The van der Waals surface area contributed by atoms with Crippen molar-refractivity contribution in [3.05, 3.63) is 27.9 Å². The number of hydrogen-bond donors (Lipinski definition) is 2. The lowest BCUT2D eigenvalue weighted by Crippen LogP contribution is -2.19. The maximum absolute atomic E-state index is 11.4. The van der Waals surface area contributed by atoms with Gasteiger partial charge in [-0.1, -0.05) is 19.3 Å². The molecule has 2 N–H and O–H groups in total. The largest absolute Gasteiger partial charge is 0.481 e. The number of aromatic nitrogens is 2. The highest BCUT2D eigenvalue weighted by molar-refractivity contribution is 5.69. The van der Waals surface area contributed by atoms with Gasteiger partial charge in [-0.25, -0.2) is 4.79 Å². The molecule has 0 saturated heterocycles. The summed E-state index contributed by atoms with van der Waals surface area (Å²) in [4.78, 5) is 28.4. The Morgan fingerprint density at radius 3 is 2.76 bits per heavy atom. The highest BCUT2D eigenvalue weighted by Crippen LogP contribution is 2.31. The zero-order valence-electron chi connectivity index (χ0n) is 9.61. The molecule has 5 heteroatoms. The second-order valence-corrected chi connectivity index (χ2v) is 4.54. The van der Waals surface area contributed by atoms with Gasteiger partial charge in [0.15, 0.2) is 0 Å². The fraction of sp³-hybridized carbons (Fsp3) is 0.583. The van der Waals surface area contributed by atoms with Crippen molar-refractivity contribution in [2.24, 2.45) is 0 Å². The van der Waals surface area contributed by atoms with Crippen LogP contribution in [-0.4, -0.2) is 21.0 Å². The van der Waals surface area contributed by atoms with Crippen LogP contribution in [0.15, 0.2) is 10.9 Å². The van der Waals surface area contributed by atoms with E-state index in [0.717, 1.165) is 31.4 Å². The van der Waals surface area contributed by atoms with Gasteiger partial charge in [-0.2, -0.15) is 4.98 Å². The molecule has 1 aliphatic carbocycles. The number of H-pyrrole nitrogens is 1. The minimum absolute atomic E-state index is 0.155. The second-order valence-electron chi connectivity index (χ2n) is 4.54. The van der Waals surface area contributed by atoms with Gasteiger partial charge in [-0.05, 0) is 18.9 Å². The third kappa shape index (κ3) is 3.15. The topological polar surface area (TPSA) is 83.0 Å². The van der Waals surface area contributed by atoms with Crippen LogP contribution < -0.4 is 5.69 Å². The van der Waals surface area contributed by atoms with Crippen LogP contribution in [0.25, 0.3) is 0 Å². The first-order valence-electron chi connectivity index (χ1n) is 5.97. The molecule has 17 heavy (non-hydrogen) atoms. The molecular weight excluding hydrogens is 220 g/mol. The Morgan fingerprint density at radius 1 is 1.41 bits per heavy atom. The zero-order chi connectivity index (χ0) is 12.3. The number of rotatable bonds is 3. The molecule has 1 heterocycles. The van der Waals surface area contributed by atoms with Crippen molar-refractivity contribution < 1.29 is 9.90 Å². The summed E-state index contributed by atoms with van der Waals surface area (Å²) in [5, 5.41) is 8.72. The standard InChI is InChI=1S/C12H16N2O3/c15-11(16)7-9-6-10(14-12(17)13-9)8-4-2-1-3-5-8/h6,8H,1-5,7H2,(H,15,16)(H,13,14,17). The van der Waals surface area contributed by atoms with E-state index in [1.807, 2.05) is 0 Å². The summed E-state index contributed by atoms with van der Waals surface area (Å²) in [5.74, 6) is -0.625. The third-order valence-electron chi connectivity index (χ3n) is 3.19. The summed E-state index contributed by atoms with van der Waals surface area (Å²) >= 11 is 0. The van der Waals surface area contributed by atoms with Gasteiger partial charge in [0, 0.05) is 11.6 Å². The monoisotopic (exact) mass is 236 g/mol. The summed E-state index contributed by atoms with van der Waals surface area (Å²) in [7, 11) is 0. The molecule has 92 valence electrons. The van der Waals surface area contributed by atoms with E-state index in [4.69, 9.17) is 5.11 Å². The van der Waals surface area contributed by atoms with Gasteiger partial charge in [0.2, 0.25) is 0 Å². The Balaban J connectivity index is 2.24. The lowest BCUT2D eigenvalue weighted by Gasteiger charge is -2.20. The maximum Gasteiger partial charge on any atom is 0.345 e. The molecule has 0 bridgehead atoms. The van der Waals surface area contributed by atoms with Crippen LogP contribution in [0.5, 0.6) is 0 Å². The van der Waals surface area contributed by atoms with Gasteiger partial charge in [0.1, 0.15) is 0 Å². The van der Waals surface area contributed by atoms with E-state index in [1.54, 1.807) is 6.07 Å². The first-order valence-corrected chi connectivity index (χ1v) is 5.97. The minimum Gasteiger partial charge on any atom is -0.481 e. The van der Waals surface area contributed by atoms with Crippen molar-refractivity contribution in [2.45, 2.75) is 44.4 Å². The zero-order valence-corrected chi connectivity index (χ0v) is 9.61. The van der Waals surface area contributed by atoms with Crippen LogP contribution in [0.2, 0.25) is 0 Å². The molecule has 1 fully saturated rings. The van der Waals surface area contributed by atoms with Crippen molar-refractivity contribution in [1.29, 1.82) is 0 Å². The quantitative estimate of drug-likeness (QED) is 0.831. The van der Waals surface area contributed by atoms with Gasteiger partial charge < -0.3 is 10.1 Å². The number of aromatic amines is 1. The molecular formula is C12H16N2O3. The summed E-state index contributed by atoms with van der Waals surface area (Å²) in [5.41, 5.74) is 0.757. The lowest BCUT2D eigenvalue weighted by molar-refractivity contribution is -0.136. The molecule has 1 aromatic rings. The SMILES string of the molecule is O=C(O)Cc1cc(C2CCCCC2)nc(=O)[nH]1.